The lowest BCUT2D eigenvalue weighted by Gasteiger charge is -2.03. The monoisotopic (exact) mass is 260 g/mol. The summed E-state index contributed by atoms with van der Waals surface area (Å²) < 4.78 is 37.8. The number of aromatic nitrogens is 3. The lowest BCUT2D eigenvalue weighted by molar-refractivity contribution is -0.141. The lowest BCUT2D eigenvalue weighted by Crippen LogP contribution is -2.10. The van der Waals surface area contributed by atoms with Crippen molar-refractivity contribution in [1.82, 2.24) is 15.0 Å². The molecule has 0 unspecified atom stereocenters. The van der Waals surface area contributed by atoms with Crippen LogP contribution in [0.1, 0.15) is 10.6 Å². The zero-order valence-electron chi connectivity index (χ0n) is 8.40. The third-order valence-electron chi connectivity index (χ3n) is 1.91. The molecule has 2 N–H and O–H groups in total. The fourth-order valence-corrected chi connectivity index (χ4v) is 2.13. The molecule has 2 heterocycles. The number of hydrogen-bond donors (Lipinski definition) is 1. The number of halogens is 3. The van der Waals surface area contributed by atoms with E-state index in [-0.39, 0.29) is 22.3 Å². The van der Waals surface area contributed by atoms with Gasteiger partial charge in [-0.15, -0.1) is 11.3 Å². The Balaban J connectivity index is 2.49. The SMILES string of the molecule is NCc1sc(-c2ncccn2)nc1C(F)(F)F. The van der Waals surface area contributed by atoms with Crippen LogP contribution in [0.25, 0.3) is 10.8 Å². The fraction of sp³-hybridized carbons (Fsp3) is 0.222. The van der Waals surface area contributed by atoms with Crippen LogP contribution in [0, 0.1) is 0 Å². The summed E-state index contributed by atoms with van der Waals surface area (Å²) in [7, 11) is 0. The highest BCUT2D eigenvalue weighted by Gasteiger charge is 2.37. The Labute approximate surface area is 98.4 Å². The standard InChI is InChI=1S/C9H7F3N4S/c10-9(11,12)6-5(4-13)17-8(16-6)7-14-2-1-3-15-7/h1-3H,4,13H2. The van der Waals surface area contributed by atoms with Crippen LogP contribution in [0.15, 0.2) is 18.5 Å². The molecule has 2 aromatic rings. The Bertz CT molecular complexity index is 509. The second-order valence-corrected chi connectivity index (χ2v) is 4.15. The van der Waals surface area contributed by atoms with Crippen LogP contribution in [0.5, 0.6) is 0 Å². The van der Waals surface area contributed by atoms with E-state index < -0.39 is 11.9 Å². The minimum absolute atomic E-state index is 0.0139. The van der Waals surface area contributed by atoms with Crippen LogP contribution in [0.4, 0.5) is 13.2 Å². The van der Waals surface area contributed by atoms with Crippen molar-refractivity contribution in [3.05, 3.63) is 29.0 Å². The Morgan fingerprint density at radius 1 is 1.24 bits per heavy atom. The maximum atomic E-state index is 12.6. The first-order valence-corrected chi connectivity index (χ1v) is 5.38. The second kappa shape index (κ2) is 4.38. The zero-order chi connectivity index (χ0) is 12.5. The van der Waals surface area contributed by atoms with Crippen molar-refractivity contribution < 1.29 is 13.2 Å². The number of rotatable bonds is 2. The average molecular weight is 260 g/mol. The van der Waals surface area contributed by atoms with Gasteiger partial charge in [-0.05, 0) is 6.07 Å². The van der Waals surface area contributed by atoms with Crippen LogP contribution >= 0.6 is 11.3 Å². The molecule has 4 nitrogen and oxygen atoms in total. The molecule has 0 amide bonds. The molecule has 0 atom stereocenters. The molecule has 0 saturated carbocycles. The van der Waals surface area contributed by atoms with Crippen molar-refractivity contribution in [2.24, 2.45) is 5.73 Å². The van der Waals surface area contributed by atoms with Crippen molar-refractivity contribution in [2.45, 2.75) is 12.7 Å². The number of hydrogen-bond acceptors (Lipinski definition) is 5. The quantitative estimate of drug-likeness (QED) is 0.897. The summed E-state index contributed by atoms with van der Waals surface area (Å²) in [6.45, 7) is -0.209. The van der Waals surface area contributed by atoms with Gasteiger partial charge in [-0.25, -0.2) is 15.0 Å². The molecule has 0 spiro atoms. The summed E-state index contributed by atoms with van der Waals surface area (Å²) in [5.74, 6) is 0.169. The predicted molar refractivity (Wildman–Crippen MR) is 56.0 cm³/mol. The van der Waals surface area contributed by atoms with Crippen molar-refractivity contribution in [3.63, 3.8) is 0 Å². The second-order valence-electron chi connectivity index (χ2n) is 3.07. The van der Waals surface area contributed by atoms with Crippen LogP contribution < -0.4 is 5.73 Å². The van der Waals surface area contributed by atoms with Crippen LogP contribution in [-0.4, -0.2) is 15.0 Å². The van der Waals surface area contributed by atoms with Crippen LogP contribution in [-0.2, 0) is 12.7 Å². The third kappa shape index (κ3) is 2.42. The maximum Gasteiger partial charge on any atom is 0.434 e. The van der Waals surface area contributed by atoms with Crippen molar-refractivity contribution in [2.75, 3.05) is 0 Å². The number of alkyl halides is 3. The Morgan fingerprint density at radius 3 is 2.35 bits per heavy atom. The van der Waals surface area contributed by atoms with Gasteiger partial charge in [0.15, 0.2) is 16.5 Å². The van der Waals surface area contributed by atoms with Crippen molar-refractivity contribution >= 4 is 11.3 Å². The molecule has 0 aliphatic rings. The van der Waals surface area contributed by atoms with Gasteiger partial charge in [0.1, 0.15) is 0 Å². The molecular weight excluding hydrogens is 253 g/mol. The Kier molecular flexibility index (Phi) is 3.07. The smallest absolute Gasteiger partial charge is 0.326 e. The Hall–Kier alpha value is -1.54. The molecule has 0 radical (unpaired) electrons. The van der Waals surface area contributed by atoms with E-state index in [1.165, 1.54) is 12.4 Å². The highest BCUT2D eigenvalue weighted by atomic mass is 32.1. The van der Waals surface area contributed by atoms with E-state index in [1.807, 2.05) is 0 Å². The highest BCUT2D eigenvalue weighted by Crippen LogP contribution is 2.36. The van der Waals surface area contributed by atoms with E-state index in [0.717, 1.165) is 11.3 Å². The van der Waals surface area contributed by atoms with Gasteiger partial charge in [-0.1, -0.05) is 0 Å². The van der Waals surface area contributed by atoms with Crippen molar-refractivity contribution in [3.8, 4) is 10.8 Å². The first kappa shape index (κ1) is 11.9. The average Bonchev–Trinajstić information content (AvgIpc) is 2.74. The summed E-state index contributed by atoms with van der Waals surface area (Å²) in [5, 5.41) is 0.123. The van der Waals surface area contributed by atoms with Gasteiger partial charge in [0, 0.05) is 18.9 Å². The summed E-state index contributed by atoms with van der Waals surface area (Å²) in [5.41, 5.74) is 4.32. The van der Waals surface area contributed by atoms with E-state index in [4.69, 9.17) is 5.73 Å². The first-order valence-electron chi connectivity index (χ1n) is 4.56. The Morgan fingerprint density at radius 2 is 1.88 bits per heavy atom. The molecule has 0 bridgehead atoms. The molecule has 0 saturated heterocycles. The van der Waals surface area contributed by atoms with Gasteiger partial charge in [-0.2, -0.15) is 13.2 Å². The van der Waals surface area contributed by atoms with E-state index in [0.29, 0.717) is 0 Å². The van der Waals surface area contributed by atoms with Crippen LogP contribution in [0.2, 0.25) is 0 Å². The molecule has 2 rings (SSSR count). The normalized spacial score (nSPS) is 11.8. The summed E-state index contributed by atoms with van der Waals surface area (Å²) >= 11 is 0.858. The lowest BCUT2D eigenvalue weighted by atomic mass is 10.3. The highest BCUT2D eigenvalue weighted by molar-refractivity contribution is 7.15. The van der Waals surface area contributed by atoms with Gasteiger partial charge in [0.25, 0.3) is 0 Å². The minimum atomic E-state index is -4.50. The summed E-state index contributed by atoms with van der Waals surface area (Å²) in [6.07, 6.45) is -1.61. The number of nitrogens with two attached hydrogens (primary N) is 1. The molecule has 8 heteroatoms. The molecule has 2 aromatic heterocycles. The third-order valence-corrected chi connectivity index (χ3v) is 2.98. The summed E-state index contributed by atoms with van der Waals surface area (Å²) in [6, 6.07) is 1.58. The van der Waals surface area contributed by atoms with E-state index in [2.05, 4.69) is 15.0 Å². The van der Waals surface area contributed by atoms with Gasteiger partial charge < -0.3 is 5.73 Å². The molecule has 0 aliphatic heterocycles. The first-order chi connectivity index (χ1) is 8.02. The topological polar surface area (TPSA) is 64.7 Å². The fourth-order valence-electron chi connectivity index (χ4n) is 1.22. The van der Waals surface area contributed by atoms with E-state index >= 15 is 0 Å². The van der Waals surface area contributed by atoms with Gasteiger partial charge >= 0.3 is 6.18 Å². The molecule has 0 fully saturated rings. The predicted octanol–water partition coefficient (Wildman–Crippen LogP) is 2.08. The largest absolute Gasteiger partial charge is 0.434 e. The van der Waals surface area contributed by atoms with E-state index in [1.54, 1.807) is 6.07 Å². The molecule has 0 aliphatic carbocycles. The minimum Gasteiger partial charge on any atom is -0.326 e. The molecule has 90 valence electrons. The van der Waals surface area contributed by atoms with Crippen molar-refractivity contribution in [1.29, 1.82) is 0 Å². The maximum absolute atomic E-state index is 12.6. The number of thiazole rings is 1. The molecule has 0 aromatic carbocycles. The molecule has 17 heavy (non-hydrogen) atoms. The van der Waals surface area contributed by atoms with E-state index in [9.17, 15) is 13.2 Å². The zero-order valence-corrected chi connectivity index (χ0v) is 9.22. The van der Waals surface area contributed by atoms with Gasteiger partial charge in [-0.3, -0.25) is 0 Å². The van der Waals surface area contributed by atoms with Crippen LogP contribution in [0.3, 0.4) is 0 Å². The van der Waals surface area contributed by atoms with Gasteiger partial charge in [0.05, 0.1) is 4.88 Å². The summed E-state index contributed by atoms with van der Waals surface area (Å²) in [4.78, 5) is 11.2. The van der Waals surface area contributed by atoms with Gasteiger partial charge in [0.2, 0.25) is 0 Å². The molecular formula is C9H7F3N4S. The number of nitrogens with zero attached hydrogens (tertiary/aromatic N) is 3.